The maximum absolute atomic E-state index is 13.6. The Balaban J connectivity index is 1.55. The van der Waals surface area contributed by atoms with Crippen molar-refractivity contribution >= 4 is 67.2 Å². The molecule has 0 unspecified atom stereocenters. The number of hydrogen-bond donors (Lipinski definition) is 3. The average Bonchev–Trinajstić information content (AvgIpc) is 2.78. The van der Waals surface area contributed by atoms with E-state index in [1.165, 1.54) is 48.7 Å². The van der Waals surface area contributed by atoms with Crippen LogP contribution in [0, 0.1) is 5.82 Å². The number of anilines is 1. The summed E-state index contributed by atoms with van der Waals surface area (Å²) in [4.78, 5) is 24.2. The number of halogens is 4. The van der Waals surface area contributed by atoms with E-state index in [9.17, 15) is 19.1 Å². The molecule has 0 spiro atoms. The van der Waals surface area contributed by atoms with E-state index in [1.54, 1.807) is 12.1 Å². The van der Waals surface area contributed by atoms with E-state index in [-0.39, 0.29) is 34.4 Å². The van der Waals surface area contributed by atoms with Crippen molar-refractivity contribution in [3.8, 4) is 11.5 Å². The van der Waals surface area contributed by atoms with Gasteiger partial charge in [0.1, 0.15) is 17.3 Å². The summed E-state index contributed by atoms with van der Waals surface area (Å²) in [6.45, 7) is -0.366. The van der Waals surface area contributed by atoms with Gasteiger partial charge in [-0.3, -0.25) is 9.59 Å². The lowest BCUT2D eigenvalue weighted by Gasteiger charge is -2.09. The van der Waals surface area contributed by atoms with Crippen molar-refractivity contribution in [3.63, 3.8) is 0 Å². The van der Waals surface area contributed by atoms with Crippen molar-refractivity contribution in [2.75, 3.05) is 11.9 Å². The Bertz CT molecular complexity index is 1220. The highest BCUT2D eigenvalue weighted by molar-refractivity contribution is 9.11. The number of aromatic hydroxyl groups is 1. The number of benzene rings is 3. The topological polar surface area (TPSA) is 100 Å². The van der Waals surface area contributed by atoms with Gasteiger partial charge in [-0.25, -0.2) is 9.82 Å². The van der Waals surface area contributed by atoms with Crippen molar-refractivity contribution < 1.29 is 23.8 Å². The highest BCUT2D eigenvalue weighted by atomic mass is 79.9. The van der Waals surface area contributed by atoms with Crippen LogP contribution in [0.1, 0.15) is 15.9 Å². The van der Waals surface area contributed by atoms with Crippen molar-refractivity contribution in [2.24, 2.45) is 5.10 Å². The van der Waals surface area contributed by atoms with Crippen molar-refractivity contribution in [1.82, 2.24) is 5.43 Å². The van der Waals surface area contributed by atoms with Gasteiger partial charge in [-0.15, -0.1) is 0 Å². The first-order chi connectivity index (χ1) is 15.7. The number of carbonyl (C=O) groups excluding carboxylic acids is 2. The van der Waals surface area contributed by atoms with E-state index in [2.05, 4.69) is 47.7 Å². The molecule has 3 aromatic rings. The SMILES string of the molecule is O=C(COc1ccc(/C=N\NC(=O)c2cc(Br)c(O)c(Br)c2)cc1Cl)Nc1ccccc1F. The van der Waals surface area contributed by atoms with Gasteiger partial charge in [0.05, 0.1) is 25.9 Å². The number of phenolic OH excluding ortho intramolecular Hbond substituents is 1. The molecule has 3 N–H and O–H groups in total. The van der Waals surface area contributed by atoms with Gasteiger partial charge >= 0.3 is 0 Å². The van der Waals surface area contributed by atoms with Gasteiger partial charge in [0.25, 0.3) is 11.8 Å². The summed E-state index contributed by atoms with van der Waals surface area (Å²) >= 11 is 12.5. The molecule has 0 fully saturated rings. The summed E-state index contributed by atoms with van der Waals surface area (Å²) in [5.41, 5.74) is 3.27. The average molecular weight is 600 g/mol. The molecule has 7 nitrogen and oxygen atoms in total. The molecule has 0 saturated carbocycles. The largest absolute Gasteiger partial charge is 0.506 e. The number of phenols is 1. The zero-order chi connectivity index (χ0) is 24.0. The third-order valence-corrected chi connectivity index (χ3v) is 5.63. The maximum atomic E-state index is 13.6. The number of nitrogens with zero attached hydrogens (tertiary/aromatic N) is 1. The van der Waals surface area contributed by atoms with E-state index in [4.69, 9.17) is 16.3 Å². The van der Waals surface area contributed by atoms with Crippen LogP contribution in [0.3, 0.4) is 0 Å². The Labute approximate surface area is 209 Å². The van der Waals surface area contributed by atoms with E-state index in [1.807, 2.05) is 0 Å². The standard InChI is InChI=1S/C22H15Br2ClFN3O4/c23-14-8-13(9-15(24)21(14)31)22(32)29-27-10-12-5-6-19(16(25)7-12)33-11-20(30)28-18-4-2-1-3-17(18)26/h1-10,31H,11H2,(H,28,30)(H,29,32)/b27-10-. The van der Waals surface area contributed by atoms with Gasteiger partial charge in [-0.2, -0.15) is 5.10 Å². The monoisotopic (exact) mass is 597 g/mol. The Kier molecular flexibility index (Phi) is 8.43. The molecule has 0 bridgehead atoms. The fourth-order valence-electron chi connectivity index (χ4n) is 2.53. The van der Waals surface area contributed by atoms with Crippen molar-refractivity contribution in [1.29, 1.82) is 0 Å². The molecule has 0 aromatic heterocycles. The number of hydrazone groups is 1. The van der Waals surface area contributed by atoms with E-state index in [0.717, 1.165) is 0 Å². The van der Waals surface area contributed by atoms with E-state index >= 15 is 0 Å². The second kappa shape index (κ2) is 11.3. The van der Waals surface area contributed by atoms with Crippen LogP contribution in [-0.2, 0) is 4.79 Å². The van der Waals surface area contributed by atoms with Crippen LogP contribution in [0.5, 0.6) is 11.5 Å². The smallest absolute Gasteiger partial charge is 0.271 e. The van der Waals surface area contributed by atoms with Crippen LogP contribution in [0.25, 0.3) is 0 Å². The second-order valence-corrected chi connectivity index (χ2v) is 8.61. The third-order valence-electron chi connectivity index (χ3n) is 4.12. The molecule has 0 heterocycles. The van der Waals surface area contributed by atoms with Crippen LogP contribution < -0.4 is 15.5 Å². The Hall–Kier alpha value is -2.95. The van der Waals surface area contributed by atoms with Gasteiger partial charge in [0, 0.05) is 5.56 Å². The zero-order valence-electron chi connectivity index (χ0n) is 16.6. The first kappa shape index (κ1) is 24.7. The molecule has 11 heteroatoms. The minimum atomic E-state index is -0.551. The third kappa shape index (κ3) is 6.77. The molecule has 0 aliphatic rings. The molecule has 0 atom stereocenters. The highest BCUT2D eigenvalue weighted by Crippen LogP contribution is 2.33. The summed E-state index contributed by atoms with van der Waals surface area (Å²) in [6.07, 6.45) is 1.38. The predicted molar refractivity (Wildman–Crippen MR) is 131 cm³/mol. The Morgan fingerprint density at radius 1 is 1.12 bits per heavy atom. The number of rotatable bonds is 7. The molecule has 0 aliphatic carbocycles. The Morgan fingerprint density at radius 3 is 2.48 bits per heavy atom. The highest BCUT2D eigenvalue weighted by Gasteiger charge is 2.12. The summed E-state index contributed by atoms with van der Waals surface area (Å²) in [5, 5.41) is 16.2. The molecule has 3 rings (SSSR count). The van der Waals surface area contributed by atoms with Gasteiger partial charge in [-0.05, 0) is 79.9 Å². The molecule has 0 radical (unpaired) electrons. The van der Waals surface area contributed by atoms with Gasteiger partial charge in [0.2, 0.25) is 0 Å². The number of nitrogens with one attached hydrogen (secondary N) is 2. The number of ether oxygens (including phenoxy) is 1. The number of hydrogen-bond acceptors (Lipinski definition) is 5. The summed E-state index contributed by atoms with van der Waals surface area (Å²) in [7, 11) is 0. The maximum Gasteiger partial charge on any atom is 0.271 e. The van der Waals surface area contributed by atoms with Crippen LogP contribution in [0.2, 0.25) is 5.02 Å². The van der Waals surface area contributed by atoms with Gasteiger partial charge < -0.3 is 15.2 Å². The quantitative estimate of drug-likeness (QED) is 0.247. The minimum Gasteiger partial charge on any atom is -0.506 e. The lowest BCUT2D eigenvalue weighted by molar-refractivity contribution is -0.118. The first-order valence-electron chi connectivity index (χ1n) is 9.22. The van der Waals surface area contributed by atoms with E-state index < -0.39 is 17.6 Å². The first-order valence-corrected chi connectivity index (χ1v) is 11.2. The van der Waals surface area contributed by atoms with Crippen molar-refractivity contribution in [2.45, 2.75) is 0 Å². The summed E-state index contributed by atoms with van der Waals surface area (Å²) in [5.74, 6) is -1.35. The molecular formula is C22H15Br2ClFN3O4. The molecule has 170 valence electrons. The van der Waals surface area contributed by atoms with Gasteiger partial charge in [-0.1, -0.05) is 23.7 Å². The second-order valence-electron chi connectivity index (χ2n) is 6.49. The molecule has 3 aromatic carbocycles. The molecule has 0 saturated heterocycles. The lowest BCUT2D eigenvalue weighted by Crippen LogP contribution is -2.20. The zero-order valence-corrected chi connectivity index (χ0v) is 20.5. The molecule has 33 heavy (non-hydrogen) atoms. The molecular weight excluding hydrogens is 585 g/mol. The Morgan fingerprint density at radius 2 is 1.82 bits per heavy atom. The fraction of sp³-hybridized carbons (Fsp3) is 0.0455. The normalized spacial score (nSPS) is 10.8. The summed E-state index contributed by atoms with van der Waals surface area (Å²) < 4.78 is 19.7. The number of para-hydroxylation sites is 1. The van der Waals surface area contributed by atoms with Crippen LogP contribution >= 0.6 is 43.5 Å². The fourth-order valence-corrected chi connectivity index (χ4v) is 3.96. The number of carbonyl (C=O) groups is 2. The van der Waals surface area contributed by atoms with Crippen LogP contribution in [0.15, 0.2) is 68.6 Å². The van der Waals surface area contributed by atoms with Crippen LogP contribution in [-0.4, -0.2) is 29.7 Å². The molecule has 0 aliphatic heterocycles. The minimum absolute atomic E-state index is 0.0169. The van der Waals surface area contributed by atoms with E-state index in [0.29, 0.717) is 14.5 Å². The van der Waals surface area contributed by atoms with Gasteiger partial charge in [0.15, 0.2) is 6.61 Å². The lowest BCUT2D eigenvalue weighted by atomic mass is 10.2. The number of amides is 2. The van der Waals surface area contributed by atoms with Crippen LogP contribution in [0.4, 0.5) is 10.1 Å². The van der Waals surface area contributed by atoms with Crippen molar-refractivity contribution in [3.05, 3.63) is 85.5 Å². The summed E-state index contributed by atoms with van der Waals surface area (Å²) in [6, 6.07) is 13.4. The molecule has 2 amide bonds. The predicted octanol–water partition coefficient (Wildman–Crippen LogP) is 5.49.